The zero-order valence-electron chi connectivity index (χ0n) is 15.0. The van der Waals surface area contributed by atoms with E-state index in [1.807, 2.05) is 6.20 Å². The van der Waals surface area contributed by atoms with Crippen LogP contribution in [0.1, 0.15) is 61.6 Å². The molecule has 27 heavy (non-hydrogen) atoms. The van der Waals surface area contributed by atoms with Crippen molar-refractivity contribution in [2.75, 3.05) is 6.61 Å². The summed E-state index contributed by atoms with van der Waals surface area (Å²) in [4.78, 5) is 9.68. The molecule has 0 radical (unpaired) electrons. The van der Waals surface area contributed by atoms with Gasteiger partial charge in [-0.3, -0.25) is 9.97 Å². The highest BCUT2D eigenvalue weighted by Gasteiger charge is 2.37. The lowest BCUT2D eigenvalue weighted by molar-refractivity contribution is -0.137. The topological polar surface area (TPSA) is 35.0 Å². The van der Waals surface area contributed by atoms with Crippen LogP contribution in [-0.2, 0) is 10.9 Å². The summed E-state index contributed by atoms with van der Waals surface area (Å²) in [5, 5.41) is 0. The first-order valence-corrected chi connectivity index (χ1v) is 9.94. The van der Waals surface area contributed by atoms with Gasteiger partial charge >= 0.3 is 6.18 Å². The smallest absolute Gasteiger partial charge is 0.372 e. The van der Waals surface area contributed by atoms with Crippen LogP contribution in [-0.4, -0.2) is 21.3 Å². The van der Waals surface area contributed by atoms with Gasteiger partial charge in [-0.25, -0.2) is 0 Å². The molecule has 1 saturated heterocycles. The highest BCUT2D eigenvalue weighted by Crippen LogP contribution is 2.46. The van der Waals surface area contributed by atoms with Gasteiger partial charge in [0, 0.05) is 28.4 Å². The molecule has 0 bridgehead atoms. The van der Waals surface area contributed by atoms with Crippen molar-refractivity contribution in [2.45, 2.75) is 60.4 Å². The lowest BCUT2D eigenvalue weighted by atomic mass is 9.95. The van der Waals surface area contributed by atoms with Crippen molar-refractivity contribution in [1.29, 1.82) is 0 Å². The van der Waals surface area contributed by atoms with Gasteiger partial charge in [-0.2, -0.15) is 13.2 Å². The van der Waals surface area contributed by atoms with Crippen molar-refractivity contribution in [2.24, 2.45) is 0 Å². The molecule has 2 heterocycles. The Balaban J connectivity index is 1.48. The first kappa shape index (κ1) is 18.7. The average molecular weight is 394 g/mol. The zero-order chi connectivity index (χ0) is 19.1. The number of thioether (sulfide) groups is 1. The molecule has 2 unspecified atom stereocenters. The molecule has 1 aliphatic heterocycles. The average Bonchev–Trinajstić information content (AvgIpc) is 3.46. The molecule has 2 atom stereocenters. The maximum Gasteiger partial charge on any atom is 0.416 e. The van der Waals surface area contributed by atoms with E-state index in [0.29, 0.717) is 23.8 Å². The van der Waals surface area contributed by atoms with Crippen LogP contribution in [0.25, 0.3) is 0 Å². The van der Waals surface area contributed by atoms with Crippen LogP contribution < -0.4 is 0 Å². The molecule has 1 aliphatic carbocycles. The number of hydrogen-bond acceptors (Lipinski definition) is 4. The van der Waals surface area contributed by atoms with E-state index in [2.05, 4.69) is 16.9 Å². The predicted octanol–water partition coefficient (Wildman–Crippen LogP) is 5.78. The Hall–Kier alpha value is -1.60. The van der Waals surface area contributed by atoms with E-state index in [0.717, 1.165) is 23.9 Å². The molecule has 0 amide bonds. The lowest BCUT2D eigenvalue weighted by Crippen LogP contribution is -2.32. The first-order valence-electron chi connectivity index (χ1n) is 9.12. The first-order chi connectivity index (χ1) is 12.8. The molecule has 2 aliphatic rings. The Labute approximate surface area is 160 Å². The van der Waals surface area contributed by atoms with Gasteiger partial charge in [0.2, 0.25) is 0 Å². The largest absolute Gasteiger partial charge is 0.416 e. The SMILES string of the molecule is CC1(Sc2cccc(C(F)(F)F)c2)CCOC(c2cnc(C3CC3)cn2)C1. The van der Waals surface area contributed by atoms with Crippen molar-refractivity contribution >= 4 is 11.8 Å². The summed E-state index contributed by atoms with van der Waals surface area (Å²) in [6.45, 7) is 2.64. The van der Waals surface area contributed by atoms with Gasteiger partial charge in [0.05, 0.1) is 23.1 Å². The van der Waals surface area contributed by atoms with Crippen molar-refractivity contribution < 1.29 is 17.9 Å². The van der Waals surface area contributed by atoms with Gasteiger partial charge in [-0.15, -0.1) is 11.8 Å². The lowest BCUT2D eigenvalue weighted by Gasteiger charge is -2.37. The number of rotatable bonds is 4. The third-order valence-corrected chi connectivity index (χ3v) is 6.46. The molecule has 7 heteroatoms. The molecule has 2 fully saturated rings. The monoisotopic (exact) mass is 394 g/mol. The number of ether oxygens (including phenoxy) is 1. The van der Waals surface area contributed by atoms with Crippen LogP contribution >= 0.6 is 11.8 Å². The summed E-state index contributed by atoms with van der Waals surface area (Å²) < 4.78 is 44.6. The Morgan fingerprint density at radius 1 is 1.15 bits per heavy atom. The van der Waals surface area contributed by atoms with Crippen molar-refractivity contribution in [1.82, 2.24) is 9.97 Å². The molecule has 2 aromatic rings. The summed E-state index contributed by atoms with van der Waals surface area (Å²) in [6, 6.07) is 5.54. The number of halogens is 3. The van der Waals surface area contributed by atoms with Crippen molar-refractivity contribution in [3.63, 3.8) is 0 Å². The summed E-state index contributed by atoms with van der Waals surface area (Å²) in [7, 11) is 0. The summed E-state index contributed by atoms with van der Waals surface area (Å²) in [5.74, 6) is 0.556. The van der Waals surface area contributed by atoms with Gasteiger partial charge < -0.3 is 4.74 Å². The molecule has 0 spiro atoms. The Kier molecular flexibility index (Phi) is 4.93. The maximum atomic E-state index is 13.0. The Morgan fingerprint density at radius 3 is 2.56 bits per heavy atom. The van der Waals surface area contributed by atoms with Gasteiger partial charge in [-0.05, 0) is 50.8 Å². The second-order valence-electron chi connectivity index (χ2n) is 7.53. The fraction of sp³-hybridized carbons (Fsp3) is 0.500. The molecule has 1 aromatic heterocycles. The number of benzene rings is 1. The number of nitrogens with zero attached hydrogens (tertiary/aromatic N) is 2. The van der Waals surface area contributed by atoms with Crippen molar-refractivity contribution in [3.05, 3.63) is 53.6 Å². The van der Waals surface area contributed by atoms with E-state index in [9.17, 15) is 13.2 Å². The standard InChI is InChI=1S/C20H21F3N2OS/c1-19(27-15-4-2-3-14(9-15)20(21,22)23)7-8-26-18(10-19)17-12-24-16(11-25-17)13-5-6-13/h2-4,9,11-13,18H,5-8,10H2,1H3. The zero-order valence-corrected chi connectivity index (χ0v) is 15.8. The summed E-state index contributed by atoms with van der Waals surface area (Å²) >= 11 is 1.49. The molecular weight excluding hydrogens is 373 g/mol. The number of hydrogen-bond donors (Lipinski definition) is 0. The minimum atomic E-state index is -4.32. The van der Waals surface area contributed by atoms with Crippen LogP contribution in [0, 0.1) is 0 Å². The minimum absolute atomic E-state index is 0.178. The third-order valence-electron chi connectivity index (χ3n) is 5.11. The van der Waals surface area contributed by atoms with Gasteiger partial charge in [0.25, 0.3) is 0 Å². The van der Waals surface area contributed by atoms with Crippen LogP contribution in [0.5, 0.6) is 0 Å². The highest BCUT2D eigenvalue weighted by atomic mass is 32.2. The molecule has 0 N–H and O–H groups in total. The van der Waals surface area contributed by atoms with Gasteiger partial charge in [0.15, 0.2) is 0 Å². The predicted molar refractivity (Wildman–Crippen MR) is 97.6 cm³/mol. The van der Waals surface area contributed by atoms with Crippen LogP contribution in [0.3, 0.4) is 0 Å². The fourth-order valence-corrected chi connectivity index (χ4v) is 4.70. The maximum absolute atomic E-state index is 13.0. The Morgan fingerprint density at radius 2 is 1.89 bits per heavy atom. The molecule has 4 rings (SSSR count). The molecule has 1 saturated carbocycles. The molecule has 1 aromatic carbocycles. The van der Waals surface area contributed by atoms with E-state index >= 15 is 0 Å². The van der Waals surface area contributed by atoms with E-state index in [4.69, 9.17) is 4.74 Å². The van der Waals surface area contributed by atoms with E-state index < -0.39 is 11.7 Å². The number of alkyl halides is 3. The summed E-state index contributed by atoms with van der Waals surface area (Å²) in [6.07, 6.45) is 2.95. The second-order valence-corrected chi connectivity index (χ2v) is 9.19. The quantitative estimate of drug-likeness (QED) is 0.659. The van der Waals surface area contributed by atoms with Crippen LogP contribution in [0.4, 0.5) is 13.2 Å². The third kappa shape index (κ3) is 4.46. The Bertz CT molecular complexity index is 808. The summed E-state index contributed by atoms with van der Waals surface area (Å²) in [5.41, 5.74) is 1.23. The molecule has 144 valence electrons. The fourth-order valence-electron chi connectivity index (χ4n) is 3.38. The van der Waals surface area contributed by atoms with Crippen molar-refractivity contribution in [3.8, 4) is 0 Å². The van der Waals surface area contributed by atoms with Gasteiger partial charge in [0.1, 0.15) is 6.10 Å². The van der Waals surface area contributed by atoms with E-state index in [-0.39, 0.29) is 10.9 Å². The second kappa shape index (κ2) is 7.09. The van der Waals surface area contributed by atoms with E-state index in [1.165, 1.54) is 36.7 Å². The van der Waals surface area contributed by atoms with E-state index in [1.54, 1.807) is 12.3 Å². The minimum Gasteiger partial charge on any atom is -0.372 e. The normalized spacial score (nSPS) is 26.1. The van der Waals surface area contributed by atoms with Crippen LogP contribution in [0.15, 0.2) is 41.6 Å². The highest BCUT2D eigenvalue weighted by molar-refractivity contribution is 8.00. The molecule has 3 nitrogen and oxygen atoms in total. The van der Waals surface area contributed by atoms with Gasteiger partial charge in [-0.1, -0.05) is 6.07 Å². The van der Waals surface area contributed by atoms with Crippen LogP contribution in [0.2, 0.25) is 0 Å². The number of aromatic nitrogens is 2. The molecular formula is C20H21F3N2OS.